The lowest BCUT2D eigenvalue weighted by Crippen LogP contribution is -1.86. The highest BCUT2D eigenvalue weighted by molar-refractivity contribution is 5.80. The fourth-order valence-corrected chi connectivity index (χ4v) is 3.53. The van der Waals surface area contributed by atoms with Crippen LogP contribution in [0.3, 0.4) is 0 Å². The maximum atomic E-state index is 13.1. The number of halogens is 1. The zero-order chi connectivity index (χ0) is 15.8. The molecule has 0 spiro atoms. The molecule has 0 bridgehead atoms. The summed E-state index contributed by atoms with van der Waals surface area (Å²) in [5.41, 5.74) is 9.16. The van der Waals surface area contributed by atoms with Crippen molar-refractivity contribution in [2.24, 2.45) is 0 Å². The molecule has 0 saturated heterocycles. The molecule has 3 aromatic carbocycles. The van der Waals surface area contributed by atoms with Gasteiger partial charge in [0.25, 0.3) is 0 Å². The van der Waals surface area contributed by atoms with E-state index in [2.05, 4.69) is 43.3 Å². The summed E-state index contributed by atoms with van der Waals surface area (Å²) < 4.78 is 13.1. The van der Waals surface area contributed by atoms with Gasteiger partial charge in [-0.3, -0.25) is 0 Å². The van der Waals surface area contributed by atoms with Gasteiger partial charge in [0.2, 0.25) is 0 Å². The van der Waals surface area contributed by atoms with Gasteiger partial charge in [0.1, 0.15) is 5.82 Å². The van der Waals surface area contributed by atoms with E-state index in [1.165, 1.54) is 46.4 Å². The smallest absolute Gasteiger partial charge is 0.123 e. The molecule has 1 aliphatic rings. The molecule has 1 heteroatoms. The van der Waals surface area contributed by atoms with Gasteiger partial charge in [-0.2, -0.15) is 0 Å². The van der Waals surface area contributed by atoms with Crippen molar-refractivity contribution in [3.8, 4) is 22.3 Å². The Kier molecular flexibility index (Phi) is 3.49. The monoisotopic (exact) mass is 302 g/mol. The number of rotatable bonds is 3. The van der Waals surface area contributed by atoms with E-state index >= 15 is 0 Å². The summed E-state index contributed by atoms with van der Waals surface area (Å²) in [5, 5.41) is 0. The lowest BCUT2D eigenvalue weighted by atomic mass is 9.99. The average molecular weight is 302 g/mol. The van der Waals surface area contributed by atoms with Gasteiger partial charge < -0.3 is 0 Å². The molecule has 0 atom stereocenters. The van der Waals surface area contributed by atoms with Crippen LogP contribution in [0.5, 0.6) is 0 Å². The summed E-state index contributed by atoms with van der Waals surface area (Å²) in [6, 6.07) is 20.2. The second-order valence-electron chi connectivity index (χ2n) is 6.30. The van der Waals surface area contributed by atoms with E-state index in [1.54, 1.807) is 0 Å². The second-order valence-corrected chi connectivity index (χ2v) is 6.30. The van der Waals surface area contributed by atoms with Gasteiger partial charge in [0, 0.05) is 0 Å². The quantitative estimate of drug-likeness (QED) is 0.434. The van der Waals surface area contributed by atoms with Gasteiger partial charge in [0.15, 0.2) is 0 Å². The molecule has 0 aliphatic heterocycles. The largest absolute Gasteiger partial charge is 0.207 e. The molecular weight excluding hydrogens is 283 g/mol. The number of benzene rings is 3. The average Bonchev–Trinajstić information content (AvgIpc) is 2.92. The normalized spacial score (nSPS) is 12.1. The van der Waals surface area contributed by atoms with E-state index in [0.717, 1.165) is 24.0 Å². The maximum absolute atomic E-state index is 13.1. The van der Waals surface area contributed by atoms with Gasteiger partial charge in [0.05, 0.1) is 0 Å². The van der Waals surface area contributed by atoms with Crippen molar-refractivity contribution >= 4 is 0 Å². The minimum Gasteiger partial charge on any atom is -0.207 e. The molecule has 0 unspecified atom stereocenters. The van der Waals surface area contributed by atoms with Crippen molar-refractivity contribution in [3.05, 3.63) is 83.2 Å². The first-order chi connectivity index (χ1) is 11.2. The van der Waals surface area contributed by atoms with Crippen LogP contribution in [0, 0.1) is 5.82 Å². The summed E-state index contributed by atoms with van der Waals surface area (Å²) in [6.07, 6.45) is 3.32. The van der Waals surface area contributed by atoms with E-state index < -0.39 is 0 Å². The summed E-state index contributed by atoms with van der Waals surface area (Å²) in [4.78, 5) is 0. The van der Waals surface area contributed by atoms with Crippen LogP contribution in [0.2, 0.25) is 0 Å². The van der Waals surface area contributed by atoms with Crippen LogP contribution in [-0.4, -0.2) is 0 Å². The molecular formula is C22H19F. The number of hydrogen-bond donors (Lipinski definition) is 0. The van der Waals surface area contributed by atoms with Crippen molar-refractivity contribution in [1.82, 2.24) is 0 Å². The lowest BCUT2D eigenvalue weighted by molar-refractivity contribution is 0.628. The zero-order valence-electron chi connectivity index (χ0n) is 13.3. The molecule has 4 rings (SSSR count). The third-order valence-corrected chi connectivity index (χ3v) is 4.66. The zero-order valence-corrected chi connectivity index (χ0v) is 13.3. The van der Waals surface area contributed by atoms with E-state index in [0.29, 0.717) is 0 Å². The van der Waals surface area contributed by atoms with Gasteiger partial charge in [-0.1, -0.05) is 61.9 Å². The van der Waals surface area contributed by atoms with E-state index in [9.17, 15) is 4.39 Å². The molecule has 0 saturated carbocycles. The first kappa shape index (κ1) is 14.2. The molecule has 0 nitrogen and oxygen atoms in total. The minimum absolute atomic E-state index is 0.189. The van der Waals surface area contributed by atoms with Crippen molar-refractivity contribution < 1.29 is 4.39 Å². The van der Waals surface area contributed by atoms with Crippen LogP contribution in [0.25, 0.3) is 22.3 Å². The van der Waals surface area contributed by atoms with Crippen LogP contribution in [0.15, 0.2) is 60.7 Å². The van der Waals surface area contributed by atoms with Crippen LogP contribution in [0.4, 0.5) is 4.39 Å². The van der Waals surface area contributed by atoms with Crippen LogP contribution < -0.4 is 0 Å². The highest BCUT2D eigenvalue weighted by atomic mass is 19.1. The molecule has 0 fully saturated rings. The van der Waals surface area contributed by atoms with Gasteiger partial charge in [-0.05, 0) is 63.9 Å². The topological polar surface area (TPSA) is 0 Å². The molecule has 0 heterocycles. The molecule has 0 amide bonds. The Balaban J connectivity index is 1.71. The van der Waals surface area contributed by atoms with Crippen LogP contribution in [-0.2, 0) is 12.8 Å². The summed E-state index contributed by atoms with van der Waals surface area (Å²) in [7, 11) is 0. The third-order valence-electron chi connectivity index (χ3n) is 4.66. The molecule has 0 N–H and O–H groups in total. The maximum Gasteiger partial charge on any atom is 0.123 e. The second kappa shape index (κ2) is 5.66. The Morgan fingerprint density at radius 3 is 2.17 bits per heavy atom. The summed E-state index contributed by atoms with van der Waals surface area (Å²) >= 11 is 0. The molecule has 114 valence electrons. The predicted molar refractivity (Wildman–Crippen MR) is 94.1 cm³/mol. The van der Waals surface area contributed by atoms with Gasteiger partial charge >= 0.3 is 0 Å². The van der Waals surface area contributed by atoms with E-state index in [4.69, 9.17) is 0 Å². The first-order valence-electron chi connectivity index (χ1n) is 8.25. The van der Waals surface area contributed by atoms with E-state index in [1.807, 2.05) is 12.1 Å². The molecule has 0 radical (unpaired) electrons. The fourth-order valence-electron chi connectivity index (χ4n) is 3.53. The van der Waals surface area contributed by atoms with Crippen LogP contribution in [0.1, 0.15) is 30.0 Å². The summed E-state index contributed by atoms with van der Waals surface area (Å²) in [6.45, 7) is 2.22. The van der Waals surface area contributed by atoms with Gasteiger partial charge in [-0.25, -0.2) is 4.39 Å². The molecule has 3 aromatic rings. The van der Waals surface area contributed by atoms with Crippen molar-refractivity contribution in [2.45, 2.75) is 26.2 Å². The highest BCUT2D eigenvalue weighted by Gasteiger charge is 2.19. The Labute approximate surface area is 136 Å². The van der Waals surface area contributed by atoms with Crippen molar-refractivity contribution in [3.63, 3.8) is 0 Å². The fraction of sp³-hybridized carbons (Fsp3) is 0.182. The summed E-state index contributed by atoms with van der Waals surface area (Å²) in [5.74, 6) is -0.189. The number of fused-ring (bicyclic) bond motifs is 3. The minimum atomic E-state index is -0.189. The van der Waals surface area contributed by atoms with E-state index in [-0.39, 0.29) is 5.82 Å². The Hall–Kier alpha value is -2.41. The molecule has 1 aliphatic carbocycles. The molecule has 0 aromatic heterocycles. The Morgan fingerprint density at radius 1 is 0.783 bits per heavy atom. The number of aryl methyl sites for hydroxylation is 1. The lowest BCUT2D eigenvalue weighted by Gasteiger charge is -2.06. The first-order valence-corrected chi connectivity index (χ1v) is 8.25. The number of hydrogen-bond acceptors (Lipinski definition) is 0. The third kappa shape index (κ3) is 2.57. The van der Waals surface area contributed by atoms with Crippen LogP contribution >= 0.6 is 0 Å². The molecule has 23 heavy (non-hydrogen) atoms. The van der Waals surface area contributed by atoms with Crippen molar-refractivity contribution in [1.29, 1.82) is 0 Å². The predicted octanol–water partition coefficient (Wildman–Crippen LogP) is 6.02. The van der Waals surface area contributed by atoms with Crippen molar-refractivity contribution in [2.75, 3.05) is 0 Å². The Bertz CT molecular complexity index is 860. The standard InChI is InChI=1S/C22H19F/c1-2-3-15-4-10-21-18(12-15)14-19-13-17(7-11-22(19)21)16-5-8-20(23)9-6-16/h4-13H,2-3,14H2,1H3. The van der Waals surface area contributed by atoms with Gasteiger partial charge in [-0.15, -0.1) is 0 Å². The Morgan fingerprint density at radius 2 is 1.43 bits per heavy atom. The SMILES string of the molecule is CCCc1ccc2c(c1)Cc1cc(-c3ccc(F)cc3)ccc1-2. The highest BCUT2D eigenvalue weighted by Crippen LogP contribution is 2.39.